The predicted octanol–water partition coefficient (Wildman–Crippen LogP) is 2.06. The van der Waals surface area contributed by atoms with Gasteiger partial charge >= 0.3 is 0 Å². The van der Waals surface area contributed by atoms with Gasteiger partial charge < -0.3 is 9.63 Å². The van der Waals surface area contributed by atoms with Gasteiger partial charge in [-0.2, -0.15) is 0 Å². The van der Waals surface area contributed by atoms with Gasteiger partial charge in [0.15, 0.2) is 0 Å². The molecule has 0 saturated heterocycles. The Morgan fingerprint density at radius 3 is 2.54 bits per heavy atom. The lowest BCUT2D eigenvalue weighted by atomic mass is 10.2. The van der Waals surface area contributed by atoms with E-state index in [1.54, 1.807) is 0 Å². The molecule has 0 aliphatic heterocycles. The van der Waals surface area contributed by atoms with Gasteiger partial charge in [0, 0.05) is 7.11 Å². The molecule has 0 heterocycles. The van der Waals surface area contributed by atoms with Crippen LogP contribution in [0.25, 0.3) is 0 Å². The van der Waals surface area contributed by atoms with Crippen molar-refractivity contribution in [1.29, 1.82) is 0 Å². The summed E-state index contributed by atoms with van der Waals surface area (Å²) in [7, 11) is -1.71. The average Bonchev–Trinajstić information content (AvgIpc) is 2.04. The first-order valence-corrected chi connectivity index (χ1v) is 6.01. The largest absolute Gasteiger partial charge is 0.375 e. The minimum absolute atomic E-state index is 0.0815. The summed E-state index contributed by atoms with van der Waals surface area (Å²) in [5, 5.41) is 0. The van der Waals surface area contributed by atoms with Gasteiger partial charge in [0.1, 0.15) is 6.35 Å². The van der Waals surface area contributed by atoms with Crippen molar-refractivity contribution in [3.8, 4) is 0 Å². The maximum Gasteiger partial charge on any atom is 0.229 e. The Balaban J connectivity index is 2.64. The van der Waals surface area contributed by atoms with E-state index in [0.717, 1.165) is 5.56 Å². The van der Waals surface area contributed by atoms with Crippen molar-refractivity contribution in [2.45, 2.75) is 6.16 Å². The summed E-state index contributed by atoms with van der Waals surface area (Å²) in [6, 6.07) is 9.24. The van der Waals surface area contributed by atoms with Gasteiger partial charge in [0.05, 0.1) is 6.16 Å². The third-order valence-corrected chi connectivity index (χ3v) is 3.12. The maximum atomic E-state index is 11.4. The van der Waals surface area contributed by atoms with Gasteiger partial charge in [-0.3, -0.25) is 4.57 Å². The molecule has 0 aliphatic carbocycles. The van der Waals surface area contributed by atoms with Crippen LogP contribution in [0.1, 0.15) is 5.56 Å². The lowest BCUT2D eigenvalue weighted by Gasteiger charge is -2.09. The molecule has 1 unspecified atom stereocenters. The van der Waals surface area contributed by atoms with Crippen molar-refractivity contribution in [3.63, 3.8) is 0 Å². The summed E-state index contributed by atoms with van der Waals surface area (Å²) in [5.41, 5.74) is 0.866. The van der Waals surface area contributed by atoms with Gasteiger partial charge in [-0.25, -0.2) is 0 Å². The molecule has 0 radical (unpaired) electrons. The second kappa shape index (κ2) is 4.56. The third kappa shape index (κ3) is 3.73. The van der Waals surface area contributed by atoms with Crippen molar-refractivity contribution in [2.24, 2.45) is 0 Å². The van der Waals surface area contributed by atoms with E-state index in [-0.39, 0.29) is 12.5 Å². The molecule has 0 amide bonds. The molecular formula is C9H13O3P. The Hall–Kier alpha value is -0.630. The van der Waals surface area contributed by atoms with Crippen molar-refractivity contribution >= 4 is 7.37 Å². The Bertz CT molecular complexity index is 297. The highest BCUT2D eigenvalue weighted by Crippen LogP contribution is 2.43. The predicted molar refractivity (Wildman–Crippen MR) is 51.8 cm³/mol. The smallest absolute Gasteiger partial charge is 0.229 e. The van der Waals surface area contributed by atoms with E-state index in [1.807, 2.05) is 30.3 Å². The van der Waals surface area contributed by atoms with Crippen LogP contribution >= 0.6 is 7.37 Å². The minimum Gasteiger partial charge on any atom is -0.375 e. The third-order valence-electron chi connectivity index (χ3n) is 1.60. The van der Waals surface area contributed by atoms with Gasteiger partial charge in [0.2, 0.25) is 7.37 Å². The van der Waals surface area contributed by atoms with Crippen molar-refractivity contribution in [3.05, 3.63) is 35.9 Å². The summed E-state index contributed by atoms with van der Waals surface area (Å²) in [4.78, 5) is 9.40. The van der Waals surface area contributed by atoms with E-state index in [4.69, 9.17) is 0 Å². The van der Waals surface area contributed by atoms with Crippen LogP contribution in [0.4, 0.5) is 0 Å². The molecule has 1 aromatic rings. The number of hydrogen-bond acceptors (Lipinski definition) is 2. The fraction of sp³-hybridized carbons (Fsp3) is 0.333. The molecule has 1 aromatic carbocycles. The standard InChI is InChI=1S/C9H13O3P/c1-12-8-13(10,11)7-9-5-3-2-4-6-9/h2-6H,7-8H2,1H3,(H,10,11). The van der Waals surface area contributed by atoms with E-state index >= 15 is 0 Å². The normalized spacial score (nSPS) is 15.2. The zero-order valence-electron chi connectivity index (χ0n) is 7.51. The van der Waals surface area contributed by atoms with Gasteiger partial charge in [0.25, 0.3) is 0 Å². The van der Waals surface area contributed by atoms with Crippen LogP contribution in [-0.2, 0) is 15.5 Å². The van der Waals surface area contributed by atoms with Crippen LogP contribution in [0, 0.1) is 0 Å². The fourth-order valence-electron chi connectivity index (χ4n) is 1.12. The molecular weight excluding hydrogens is 187 g/mol. The number of benzene rings is 1. The Labute approximate surface area is 77.8 Å². The highest BCUT2D eigenvalue weighted by Gasteiger charge is 2.17. The molecule has 1 atom stereocenters. The van der Waals surface area contributed by atoms with E-state index < -0.39 is 7.37 Å². The number of rotatable bonds is 4. The number of ether oxygens (including phenoxy) is 1. The van der Waals surface area contributed by atoms with Crippen LogP contribution in [-0.4, -0.2) is 18.4 Å². The molecule has 0 bridgehead atoms. The molecule has 72 valence electrons. The van der Waals surface area contributed by atoms with E-state index in [2.05, 4.69) is 4.74 Å². The topological polar surface area (TPSA) is 46.5 Å². The van der Waals surface area contributed by atoms with E-state index in [9.17, 15) is 9.46 Å². The monoisotopic (exact) mass is 200 g/mol. The van der Waals surface area contributed by atoms with Crippen molar-refractivity contribution in [2.75, 3.05) is 13.5 Å². The summed E-state index contributed by atoms with van der Waals surface area (Å²) in [6.45, 7) is 0. The molecule has 3 nitrogen and oxygen atoms in total. The van der Waals surface area contributed by atoms with Crippen LogP contribution in [0.2, 0.25) is 0 Å². The highest BCUT2D eigenvalue weighted by molar-refractivity contribution is 7.56. The van der Waals surface area contributed by atoms with Crippen LogP contribution in [0.3, 0.4) is 0 Å². The molecule has 0 aliphatic rings. The molecule has 0 fully saturated rings. The fourth-order valence-corrected chi connectivity index (χ4v) is 2.39. The molecule has 1 N–H and O–H groups in total. The molecule has 1 rings (SSSR count). The van der Waals surface area contributed by atoms with Gasteiger partial charge in [-0.1, -0.05) is 30.3 Å². The second-order valence-electron chi connectivity index (χ2n) is 2.91. The van der Waals surface area contributed by atoms with Crippen molar-refractivity contribution in [1.82, 2.24) is 0 Å². The van der Waals surface area contributed by atoms with Crippen LogP contribution < -0.4 is 0 Å². The first-order valence-electron chi connectivity index (χ1n) is 3.98. The first-order chi connectivity index (χ1) is 6.14. The van der Waals surface area contributed by atoms with Crippen LogP contribution in [0.15, 0.2) is 30.3 Å². The zero-order chi connectivity index (χ0) is 9.73. The van der Waals surface area contributed by atoms with Crippen molar-refractivity contribution < 1.29 is 14.2 Å². The molecule has 0 aromatic heterocycles. The number of hydrogen-bond donors (Lipinski definition) is 1. The number of methoxy groups -OCH3 is 1. The van der Waals surface area contributed by atoms with E-state index in [1.165, 1.54) is 7.11 Å². The lowest BCUT2D eigenvalue weighted by Crippen LogP contribution is -1.94. The molecule has 13 heavy (non-hydrogen) atoms. The summed E-state index contributed by atoms with van der Waals surface area (Å²) >= 11 is 0. The first kappa shape index (κ1) is 10.5. The SMILES string of the molecule is COCP(=O)(O)Cc1ccccc1. The lowest BCUT2D eigenvalue weighted by molar-refractivity contribution is 0.237. The maximum absolute atomic E-state index is 11.4. The highest BCUT2D eigenvalue weighted by atomic mass is 31.2. The Morgan fingerprint density at radius 2 is 2.00 bits per heavy atom. The van der Waals surface area contributed by atoms with Gasteiger partial charge in [-0.15, -0.1) is 0 Å². The summed E-state index contributed by atoms with van der Waals surface area (Å²) in [6.07, 6.45) is 0.101. The molecule has 4 heteroatoms. The quantitative estimate of drug-likeness (QED) is 0.756. The Morgan fingerprint density at radius 1 is 1.38 bits per heavy atom. The minimum atomic E-state index is -3.14. The van der Waals surface area contributed by atoms with Gasteiger partial charge in [-0.05, 0) is 5.56 Å². The molecule has 0 saturated carbocycles. The second-order valence-corrected chi connectivity index (χ2v) is 5.17. The van der Waals surface area contributed by atoms with Crippen LogP contribution in [0.5, 0.6) is 0 Å². The zero-order valence-corrected chi connectivity index (χ0v) is 8.41. The summed E-state index contributed by atoms with van der Waals surface area (Å²) in [5.74, 6) is 0. The average molecular weight is 200 g/mol. The Kier molecular flexibility index (Phi) is 3.67. The summed E-state index contributed by atoms with van der Waals surface area (Å²) < 4.78 is 16.1. The molecule has 0 spiro atoms. The van der Waals surface area contributed by atoms with E-state index in [0.29, 0.717) is 0 Å².